The van der Waals surface area contributed by atoms with E-state index in [1.807, 2.05) is 0 Å². The monoisotopic (exact) mass is 375 g/mol. The fourth-order valence-electron chi connectivity index (χ4n) is 2.70. The Morgan fingerprint density at radius 1 is 1.00 bits per heavy atom. The van der Waals surface area contributed by atoms with Gasteiger partial charge in [-0.1, -0.05) is 0 Å². The second kappa shape index (κ2) is 7.55. The van der Waals surface area contributed by atoms with Crippen LogP contribution in [-0.2, 0) is 0 Å². The third-order valence-corrected chi connectivity index (χ3v) is 4.11. The van der Waals surface area contributed by atoms with Crippen molar-refractivity contribution in [3.63, 3.8) is 0 Å². The van der Waals surface area contributed by atoms with E-state index < -0.39 is 9.85 Å². The zero-order valence-corrected chi connectivity index (χ0v) is 14.7. The number of furan rings is 1. The van der Waals surface area contributed by atoms with Crippen molar-refractivity contribution in [3.05, 3.63) is 91.7 Å². The summed E-state index contributed by atoms with van der Waals surface area (Å²) in [5.74, 6) is 0.933. The fraction of sp³-hybridized carbons (Fsp3) is 0.0500. The number of benzene rings is 2. The number of nitriles is 1. The number of aryl methyl sites for hydroxylation is 1. The molecule has 0 aliphatic carbocycles. The van der Waals surface area contributed by atoms with Gasteiger partial charge in [0.15, 0.2) is 0 Å². The highest BCUT2D eigenvalue weighted by molar-refractivity contribution is 5.89. The molecular weight excluding hydrogens is 362 g/mol. The van der Waals surface area contributed by atoms with Crippen LogP contribution in [0.4, 0.5) is 11.4 Å². The van der Waals surface area contributed by atoms with Crippen LogP contribution in [-0.4, -0.2) is 9.85 Å². The van der Waals surface area contributed by atoms with Gasteiger partial charge in [0.25, 0.3) is 11.4 Å². The first-order chi connectivity index (χ1) is 13.4. The van der Waals surface area contributed by atoms with Crippen LogP contribution in [0.2, 0.25) is 0 Å². The number of hydrogen-bond donors (Lipinski definition) is 0. The summed E-state index contributed by atoms with van der Waals surface area (Å²) < 4.78 is 5.76. The maximum Gasteiger partial charge on any atom is 0.269 e. The summed E-state index contributed by atoms with van der Waals surface area (Å²) in [5, 5.41) is 31.0. The third-order valence-electron chi connectivity index (χ3n) is 4.11. The number of allylic oxidation sites excluding steroid dienone is 1. The lowest BCUT2D eigenvalue weighted by atomic mass is 10.1. The number of nitrogens with zero attached hydrogens (tertiary/aromatic N) is 3. The minimum absolute atomic E-state index is 0.00198. The van der Waals surface area contributed by atoms with Crippen LogP contribution in [0.1, 0.15) is 16.9 Å². The molecule has 28 heavy (non-hydrogen) atoms. The van der Waals surface area contributed by atoms with Gasteiger partial charge < -0.3 is 4.42 Å². The number of nitro groups is 2. The Kier molecular flexibility index (Phi) is 5.00. The van der Waals surface area contributed by atoms with E-state index in [2.05, 4.69) is 6.07 Å². The van der Waals surface area contributed by atoms with E-state index in [0.29, 0.717) is 28.2 Å². The molecule has 8 nitrogen and oxygen atoms in total. The SMILES string of the molecule is Cc1cc([N+](=O)[O-])ccc1-c1ccc(/C=C(/C#N)c2ccc([N+](=O)[O-])cc2)o1. The van der Waals surface area contributed by atoms with Crippen molar-refractivity contribution < 1.29 is 14.3 Å². The van der Waals surface area contributed by atoms with Crippen LogP contribution >= 0.6 is 0 Å². The predicted molar refractivity (Wildman–Crippen MR) is 102 cm³/mol. The number of rotatable bonds is 5. The first-order valence-electron chi connectivity index (χ1n) is 8.11. The van der Waals surface area contributed by atoms with Gasteiger partial charge in [0.05, 0.1) is 21.5 Å². The molecule has 0 fully saturated rings. The van der Waals surface area contributed by atoms with Crippen molar-refractivity contribution in [2.24, 2.45) is 0 Å². The highest BCUT2D eigenvalue weighted by atomic mass is 16.6. The second-order valence-electron chi connectivity index (χ2n) is 5.93. The molecule has 0 aliphatic heterocycles. The summed E-state index contributed by atoms with van der Waals surface area (Å²) in [7, 11) is 0. The lowest BCUT2D eigenvalue weighted by Crippen LogP contribution is -1.89. The average Bonchev–Trinajstić information content (AvgIpc) is 3.14. The molecule has 1 heterocycles. The summed E-state index contributed by atoms with van der Waals surface area (Å²) in [6, 6.07) is 15.6. The summed E-state index contributed by atoms with van der Waals surface area (Å²) >= 11 is 0. The third kappa shape index (κ3) is 3.78. The molecule has 0 unspecified atom stereocenters. The Hall–Kier alpha value is -4.25. The number of nitro benzene ring substituents is 2. The quantitative estimate of drug-likeness (QED) is 0.346. The minimum Gasteiger partial charge on any atom is -0.457 e. The second-order valence-corrected chi connectivity index (χ2v) is 5.93. The van der Waals surface area contributed by atoms with Crippen molar-refractivity contribution in [2.45, 2.75) is 6.92 Å². The van der Waals surface area contributed by atoms with E-state index in [1.54, 1.807) is 25.1 Å². The van der Waals surface area contributed by atoms with E-state index >= 15 is 0 Å². The van der Waals surface area contributed by atoms with Gasteiger partial charge in [0, 0.05) is 29.8 Å². The van der Waals surface area contributed by atoms with Gasteiger partial charge >= 0.3 is 0 Å². The predicted octanol–water partition coefficient (Wildman–Crippen LogP) is 5.14. The topological polar surface area (TPSA) is 123 Å². The zero-order chi connectivity index (χ0) is 20.3. The first kappa shape index (κ1) is 18.5. The lowest BCUT2D eigenvalue weighted by molar-refractivity contribution is -0.385. The van der Waals surface area contributed by atoms with E-state index in [9.17, 15) is 25.5 Å². The van der Waals surface area contributed by atoms with Crippen LogP contribution in [0, 0.1) is 38.5 Å². The lowest BCUT2D eigenvalue weighted by Gasteiger charge is -2.02. The standard InChI is InChI=1S/C20H13N3O5/c1-13-10-17(23(26)27)6-8-19(13)20-9-7-18(28-20)11-15(12-21)14-2-4-16(5-3-14)22(24)25/h2-11H,1H3/b15-11-. The molecule has 0 aliphatic rings. The van der Waals surface area contributed by atoms with E-state index in [-0.39, 0.29) is 16.9 Å². The normalized spacial score (nSPS) is 11.1. The van der Waals surface area contributed by atoms with Crippen LogP contribution in [0.5, 0.6) is 0 Å². The molecule has 0 saturated heterocycles. The van der Waals surface area contributed by atoms with Crippen LogP contribution in [0.15, 0.2) is 59.0 Å². The van der Waals surface area contributed by atoms with Gasteiger partial charge in [-0.3, -0.25) is 20.2 Å². The molecule has 0 saturated carbocycles. The van der Waals surface area contributed by atoms with Gasteiger partial charge in [-0.2, -0.15) is 5.26 Å². The molecule has 0 atom stereocenters. The van der Waals surface area contributed by atoms with Gasteiger partial charge in [-0.25, -0.2) is 0 Å². The summed E-state index contributed by atoms with van der Waals surface area (Å²) in [4.78, 5) is 20.6. The Morgan fingerprint density at radius 2 is 1.64 bits per heavy atom. The van der Waals surface area contributed by atoms with Crippen LogP contribution in [0.25, 0.3) is 23.0 Å². The Bertz CT molecular complexity index is 1140. The summed E-state index contributed by atoms with van der Waals surface area (Å²) in [6.07, 6.45) is 1.53. The molecule has 138 valence electrons. The maximum absolute atomic E-state index is 10.9. The molecule has 0 spiro atoms. The fourth-order valence-corrected chi connectivity index (χ4v) is 2.70. The maximum atomic E-state index is 10.9. The highest BCUT2D eigenvalue weighted by Gasteiger charge is 2.13. The molecule has 0 bridgehead atoms. The summed E-state index contributed by atoms with van der Waals surface area (Å²) in [5.41, 5.74) is 2.15. The van der Waals surface area contributed by atoms with Crippen molar-refractivity contribution in [1.82, 2.24) is 0 Å². The molecule has 8 heteroatoms. The number of hydrogen-bond acceptors (Lipinski definition) is 6. The Balaban J connectivity index is 1.91. The van der Waals surface area contributed by atoms with Crippen LogP contribution < -0.4 is 0 Å². The molecule has 0 amide bonds. The van der Waals surface area contributed by atoms with Gasteiger partial charge in [-0.15, -0.1) is 0 Å². The highest BCUT2D eigenvalue weighted by Crippen LogP contribution is 2.30. The van der Waals surface area contributed by atoms with E-state index in [0.717, 1.165) is 0 Å². The molecule has 1 aromatic heterocycles. The summed E-state index contributed by atoms with van der Waals surface area (Å²) in [6.45, 7) is 1.75. The van der Waals surface area contributed by atoms with Gasteiger partial charge in [-0.05, 0) is 54.5 Å². The molecular formula is C20H13N3O5. The smallest absolute Gasteiger partial charge is 0.269 e. The average molecular weight is 375 g/mol. The molecule has 2 aromatic carbocycles. The van der Waals surface area contributed by atoms with Gasteiger partial charge in [0.1, 0.15) is 11.5 Å². The largest absolute Gasteiger partial charge is 0.457 e. The number of non-ortho nitro benzene ring substituents is 2. The van der Waals surface area contributed by atoms with Crippen molar-refractivity contribution in [2.75, 3.05) is 0 Å². The zero-order valence-electron chi connectivity index (χ0n) is 14.7. The van der Waals surface area contributed by atoms with Crippen molar-refractivity contribution in [3.8, 4) is 17.4 Å². The van der Waals surface area contributed by atoms with Gasteiger partial charge in [0.2, 0.25) is 0 Å². The molecule has 0 N–H and O–H groups in total. The van der Waals surface area contributed by atoms with Crippen LogP contribution in [0.3, 0.4) is 0 Å². The molecule has 3 rings (SSSR count). The minimum atomic E-state index is -0.509. The Labute approximate surface area is 159 Å². The molecule has 3 aromatic rings. The Morgan fingerprint density at radius 3 is 2.21 bits per heavy atom. The van der Waals surface area contributed by atoms with Crippen molar-refractivity contribution >= 4 is 23.0 Å². The van der Waals surface area contributed by atoms with E-state index in [4.69, 9.17) is 4.42 Å². The van der Waals surface area contributed by atoms with Crippen molar-refractivity contribution in [1.29, 1.82) is 5.26 Å². The molecule has 0 radical (unpaired) electrons. The van der Waals surface area contributed by atoms with E-state index in [1.165, 1.54) is 42.5 Å². The first-order valence-corrected chi connectivity index (χ1v) is 8.11.